The Kier molecular flexibility index (Phi) is 3.91. The highest BCUT2D eigenvalue weighted by atomic mass is 32.2. The molecule has 98 valence electrons. The van der Waals surface area contributed by atoms with Crippen molar-refractivity contribution in [3.8, 4) is 0 Å². The minimum atomic E-state index is -0.595. The zero-order valence-electron chi connectivity index (χ0n) is 10.0. The fourth-order valence-electron chi connectivity index (χ4n) is 1.24. The summed E-state index contributed by atoms with van der Waals surface area (Å²) < 4.78 is 4.82. The van der Waals surface area contributed by atoms with Crippen LogP contribution in [0, 0.1) is 6.92 Å². The molecular weight excluding hydrogens is 268 g/mol. The number of aromatic nitrogens is 1. The van der Waals surface area contributed by atoms with Crippen molar-refractivity contribution in [2.75, 3.05) is 11.1 Å². The van der Waals surface area contributed by atoms with Crippen LogP contribution in [-0.2, 0) is 4.79 Å². The Labute approximate surface area is 112 Å². The van der Waals surface area contributed by atoms with Gasteiger partial charge in [0.1, 0.15) is 10.8 Å². The minimum Gasteiger partial charge on any atom is -0.360 e. The molecule has 0 aromatic carbocycles. The summed E-state index contributed by atoms with van der Waals surface area (Å²) in [4.78, 5) is 29.8. The van der Waals surface area contributed by atoms with Gasteiger partial charge in [-0.3, -0.25) is 4.79 Å². The van der Waals surface area contributed by atoms with Gasteiger partial charge in [-0.1, -0.05) is 23.5 Å². The van der Waals surface area contributed by atoms with Crippen LogP contribution in [-0.4, -0.2) is 34.1 Å². The third kappa shape index (κ3) is 3.62. The molecule has 0 saturated heterocycles. The quantitative estimate of drug-likeness (QED) is 0.909. The van der Waals surface area contributed by atoms with E-state index in [0.29, 0.717) is 22.2 Å². The third-order valence-electron chi connectivity index (χ3n) is 2.04. The molecule has 19 heavy (non-hydrogen) atoms. The first-order valence-electron chi connectivity index (χ1n) is 5.26. The SMILES string of the molecule is C=C1C=NC(=O)N=C1SCC(=O)Nc1cc(C)on1. The minimum absolute atomic E-state index is 0.0882. The predicted molar refractivity (Wildman–Crippen MR) is 72.8 cm³/mol. The summed E-state index contributed by atoms with van der Waals surface area (Å²) in [6.45, 7) is 5.41. The summed E-state index contributed by atoms with van der Waals surface area (Å²) in [7, 11) is 0. The maximum Gasteiger partial charge on any atom is 0.368 e. The molecule has 2 rings (SSSR count). The Hall–Kier alpha value is -2.22. The Bertz CT molecular complexity index is 603. The zero-order chi connectivity index (χ0) is 13.8. The van der Waals surface area contributed by atoms with Crippen molar-refractivity contribution >= 4 is 40.8 Å². The monoisotopic (exact) mass is 278 g/mol. The molecule has 1 N–H and O–H groups in total. The van der Waals surface area contributed by atoms with Crippen molar-refractivity contribution in [2.24, 2.45) is 9.98 Å². The summed E-state index contributed by atoms with van der Waals surface area (Å²) in [6, 6.07) is 1.01. The van der Waals surface area contributed by atoms with Crippen molar-refractivity contribution in [2.45, 2.75) is 6.92 Å². The number of hydrogen-bond donors (Lipinski definition) is 1. The number of anilines is 1. The van der Waals surface area contributed by atoms with Gasteiger partial charge in [0.05, 0.1) is 5.75 Å². The molecule has 0 radical (unpaired) electrons. The summed E-state index contributed by atoms with van der Waals surface area (Å²) in [6.07, 6.45) is 1.33. The molecule has 0 saturated carbocycles. The van der Waals surface area contributed by atoms with Crippen LogP contribution < -0.4 is 5.32 Å². The summed E-state index contributed by atoms with van der Waals surface area (Å²) in [5.41, 5.74) is 0.509. The molecule has 0 fully saturated rings. The Balaban J connectivity index is 1.87. The number of thioether (sulfide) groups is 1. The van der Waals surface area contributed by atoms with E-state index in [1.165, 1.54) is 6.21 Å². The average molecular weight is 278 g/mol. The first-order chi connectivity index (χ1) is 9.04. The van der Waals surface area contributed by atoms with Gasteiger partial charge >= 0.3 is 6.03 Å². The lowest BCUT2D eigenvalue weighted by Crippen LogP contribution is -2.17. The van der Waals surface area contributed by atoms with Crippen molar-refractivity contribution in [3.63, 3.8) is 0 Å². The third-order valence-corrected chi connectivity index (χ3v) is 3.07. The molecule has 8 heteroatoms. The largest absolute Gasteiger partial charge is 0.368 e. The molecule has 0 atom stereocenters. The molecule has 0 spiro atoms. The molecule has 0 aliphatic carbocycles. The molecule has 1 aromatic heterocycles. The first-order valence-corrected chi connectivity index (χ1v) is 6.25. The lowest BCUT2D eigenvalue weighted by Gasteiger charge is -2.07. The van der Waals surface area contributed by atoms with E-state index in [4.69, 9.17) is 4.52 Å². The number of nitrogens with one attached hydrogen (secondary N) is 1. The number of urea groups is 1. The first kappa shape index (κ1) is 13.2. The maximum atomic E-state index is 11.6. The molecule has 0 unspecified atom stereocenters. The van der Waals surface area contributed by atoms with Crippen LogP contribution in [0.25, 0.3) is 0 Å². The number of carbonyl (C=O) groups is 2. The van der Waals surface area contributed by atoms with E-state index >= 15 is 0 Å². The van der Waals surface area contributed by atoms with Crippen LogP contribution in [0.15, 0.2) is 32.7 Å². The molecule has 7 nitrogen and oxygen atoms in total. The van der Waals surface area contributed by atoms with E-state index in [1.807, 2.05) is 0 Å². The number of rotatable bonds is 3. The maximum absolute atomic E-state index is 11.6. The normalized spacial score (nSPS) is 14.5. The highest BCUT2D eigenvalue weighted by molar-refractivity contribution is 8.15. The number of amides is 3. The zero-order valence-corrected chi connectivity index (χ0v) is 10.9. The highest BCUT2D eigenvalue weighted by Gasteiger charge is 2.14. The van der Waals surface area contributed by atoms with Gasteiger partial charge in [0.25, 0.3) is 0 Å². The summed E-state index contributed by atoms with van der Waals surface area (Å²) >= 11 is 1.11. The smallest absolute Gasteiger partial charge is 0.360 e. The number of aliphatic imine (C=N–C) groups is 2. The standard InChI is InChI=1S/C11H10N4O3S/c1-6-4-12-11(17)14-10(6)19-5-9(16)13-8-3-7(2)18-15-8/h3-4H,1,5H2,2H3,(H,13,15,16). The predicted octanol–water partition coefficient (Wildman–Crippen LogP) is 1.81. The number of aryl methyl sites for hydroxylation is 1. The van der Waals surface area contributed by atoms with Crippen LogP contribution in [0.3, 0.4) is 0 Å². The molecule has 1 aliphatic rings. The fraction of sp³-hybridized carbons (Fsp3) is 0.182. The van der Waals surface area contributed by atoms with Gasteiger partial charge < -0.3 is 9.84 Å². The van der Waals surface area contributed by atoms with Gasteiger partial charge in [-0.2, -0.15) is 9.98 Å². The summed E-state index contributed by atoms with van der Waals surface area (Å²) in [5, 5.41) is 6.59. The van der Waals surface area contributed by atoms with Gasteiger partial charge in [-0.15, -0.1) is 0 Å². The summed E-state index contributed by atoms with van der Waals surface area (Å²) in [5.74, 6) is 0.772. The molecule has 1 aromatic rings. The average Bonchev–Trinajstić information content (AvgIpc) is 2.76. The molecular formula is C11H10N4O3S. The fourth-order valence-corrected chi connectivity index (χ4v) is 1.96. The molecule has 1 aliphatic heterocycles. The topological polar surface area (TPSA) is 96.9 Å². The lowest BCUT2D eigenvalue weighted by atomic mass is 10.3. The van der Waals surface area contributed by atoms with Crippen LogP contribution in [0.5, 0.6) is 0 Å². The van der Waals surface area contributed by atoms with Crippen molar-refractivity contribution in [1.82, 2.24) is 5.16 Å². The van der Waals surface area contributed by atoms with Gasteiger partial charge in [0.2, 0.25) is 5.91 Å². The van der Waals surface area contributed by atoms with E-state index in [9.17, 15) is 9.59 Å². The van der Waals surface area contributed by atoms with Crippen LogP contribution in [0.1, 0.15) is 5.76 Å². The van der Waals surface area contributed by atoms with Gasteiger partial charge in [-0.05, 0) is 6.92 Å². The van der Waals surface area contributed by atoms with Crippen LogP contribution in [0.4, 0.5) is 10.6 Å². The number of hydrogen-bond acceptors (Lipinski definition) is 5. The van der Waals surface area contributed by atoms with Gasteiger partial charge in [0.15, 0.2) is 5.82 Å². The van der Waals surface area contributed by atoms with E-state index < -0.39 is 6.03 Å². The van der Waals surface area contributed by atoms with Crippen molar-refractivity contribution in [3.05, 3.63) is 24.0 Å². The van der Waals surface area contributed by atoms with Gasteiger partial charge in [0, 0.05) is 17.9 Å². The van der Waals surface area contributed by atoms with Crippen molar-refractivity contribution < 1.29 is 14.1 Å². The van der Waals surface area contributed by atoms with E-state index in [-0.39, 0.29) is 11.7 Å². The Morgan fingerprint density at radius 2 is 2.37 bits per heavy atom. The molecule has 3 amide bonds. The second-order valence-corrected chi connectivity index (χ2v) is 4.61. The lowest BCUT2D eigenvalue weighted by molar-refractivity contribution is -0.113. The number of nitrogens with zero attached hydrogens (tertiary/aromatic N) is 3. The Morgan fingerprint density at radius 1 is 1.58 bits per heavy atom. The molecule has 0 bridgehead atoms. The van der Waals surface area contributed by atoms with E-state index in [1.54, 1.807) is 13.0 Å². The Morgan fingerprint density at radius 3 is 3.05 bits per heavy atom. The number of carbonyl (C=O) groups excluding carboxylic acids is 2. The molecule has 2 heterocycles. The van der Waals surface area contributed by atoms with Crippen LogP contribution >= 0.6 is 11.8 Å². The highest BCUT2D eigenvalue weighted by Crippen LogP contribution is 2.15. The second-order valence-electron chi connectivity index (χ2n) is 3.64. The van der Waals surface area contributed by atoms with Crippen molar-refractivity contribution in [1.29, 1.82) is 0 Å². The van der Waals surface area contributed by atoms with E-state index in [0.717, 1.165) is 11.8 Å². The second kappa shape index (κ2) is 5.61. The van der Waals surface area contributed by atoms with Crippen LogP contribution in [0.2, 0.25) is 0 Å². The van der Waals surface area contributed by atoms with Gasteiger partial charge in [-0.25, -0.2) is 4.79 Å². The van der Waals surface area contributed by atoms with E-state index in [2.05, 4.69) is 27.0 Å².